The molecule has 308 valence electrons. The molecule has 8 fully saturated rings. The minimum absolute atomic E-state index is 0.0597. The molecule has 5 unspecified atom stereocenters. The summed E-state index contributed by atoms with van der Waals surface area (Å²) in [5.74, 6) is 5.18. The normalized spacial score (nSPS) is 50.0. The fourth-order valence-corrected chi connectivity index (χ4v) is 17.4. The van der Waals surface area contributed by atoms with Crippen LogP contribution in [-0.4, -0.2) is 45.9 Å². The molecule has 0 heterocycles. The van der Waals surface area contributed by atoms with Crippen molar-refractivity contribution in [2.45, 2.75) is 182 Å². The highest BCUT2D eigenvalue weighted by Crippen LogP contribution is 2.69. The third kappa shape index (κ3) is 6.43. The largest absolute Gasteiger partial charge is 0.481 e. The number of carbonyl (C=O) groups is 4. The monoisotopic (exact) mass is 763 g/mol. The first-order chi connectivity index (χ1) is 26.0. The number of rotatable bonds is 9. The van der Waals surface area contributed by atoms with Crippen molar-refractivity contribution >= 4 is 23.5 Å². The molecule has 7 heteroatoms. The fraction of sp³-hybridized carbons (Fsp3) is 0.917. The van der Waals surface area contributed by atoms with Gasteiger partial charge < -0.3 is 14.9 Å². The predicted molar refractivity (Wildman–Crippen MR) is 212 cm³/mol. The van der Waals surface area contributed by atoms with Crippen molar-refractivity contribution in [3.8, 4) is 0 Å². The van der Waals surface area contributed by atoms with Crippen LogP contribution in [0.15, 0.2) is 0 Å². The number of esters is 1. The van der Waals surface area contributed by atoms with Crippen LogP contribution in [0.4, 0.5) is 0 Å². The topological polar surface area (TPSA) is 118 Å². The maximum Gasteiger partial charge on any atom is 0.306 e. The number of ether oxygens (including phenoxy) is 1. The van der Waals surface area contributed by atoms with E-state index >= 15 is 0 Å². The lowest BCUT2D eigenvalue weighted by Crippen LogP contribution is -2.57. The molecule has 8 saturated carbocycles. The van der Waals surface area contributed by atoms with Gasteiger partial charge in [0.2, 0.25) is 0 Å². The minimum atomic E-state index is -0.711. The van der Waals surface area contributed by atoms with Crippen LogP contribution in [0, 0.1) is 92.7 Å². The van der Waals surface area contributed by atoms with Crippen LogP contribution in [-0.2, 0) is 23.9 Å². The van der Waals surface area contributed by atoms with Gasteiger partial charge in [0.05, 0.1) is 6.10 Å². The van der Waals surface area contributed by atoms with E-state index in [1.807, 2.05) is 0 Å². The number of fused-ring (bicyclic) bond motifs is 10. The van der Waals surface area contributed by atoms with Gasteiger partial charge in [-0.3, -0.25) is 19.2 Å². The Labute approximate surface area is 331 Å². The number of hydrogen-bond donors (Lipinski definition) is 2. The Kier molecular flexibility index (Phi) is 10.6. The molecule has 55 heavy (non-hydrogen) atoms. The molecular weight excluding hydrogens is 689 g/mol. The number of Topliss-reactive ketones (excluding diaryl/α,β-unsaturated/α-hetero) is 2. The molecule has 0 aromatic heterocycles. The van der Waals surface area contributed by atoms with Crippen LogP contribution in [0.1, 0.15) is 170 Å². The summed E-state index contributed by atoms with van der Waals surface area (Å²) in [6.07, 6.45) is 17.7. The van der Waals surface area contributed by atoms with Crippen molar-refractivity contribution in [3.63, 3.8) is 0 Å². The average molecular weight is 763 g/mol. The average Bonchev–Trinajstić information content (AvgIpc) is 3.67. The lowest BCUT2D eigenvalue weighted by atomic mass is 9.44. The summed E-state index contributed by atoms with van der Waals surface area (Å²) < 4.78 is 6.27. The maximum atomic E-state index is 14.1. The van der Waals surface area contributed by atoms with Gasteiger partial charge in [-0.25, -0.2) is 0 Å². The van der Waals surface area contributed by atoms with Gasteiger partial charge >= 0.3 is 11.9 Å². The Morgan fingerprint density at radius 1 is 0.691 bits per heavy atom. The summed E-state index contributed by atoms with van der Waals surface area (Å²) in [7, 11) is 0. The number of aliphatic hydroxyl groups excluding tert-OH is 1. The molecule has 0 bridgehead atoms. The van der Waals surface area contributed by atoms with Crippen molar-refractivity contribution in [2.75, 3.05) is 0 Å². The SMILES string of the molecule is C[C@H](CCC(=O)O)[C@H]1CC[C@H]2[C@@H]3C(=O)CC4C[C@H](OC(=O)CC[C@@H](C)[C@H]5CCC6C7CCC8C[C@H](O)CC(=O)[C@]8(C)C7CC[C@@]65C)CC[C@]4(C)[C@H]3CC[C@]12C. The van der Waals surface area contributed by atoms with E-state index in [0.717, 1.165) is 77.0 Å². The predicted octanol–water partition coefficient (Wildman–Crippen LogP) is 9.85. The smallest absolute Gasteiger partial charge is 0.306 e. The van der Waals surface area contributed by atoms with Gasteiger partial charge in [-0.1, -0.05) is 41.5 Å². The molecule has 0 spiro atoms. The van der Waals surface area contributed by atoms with Crippen molar-refractivity contribution in [2.24, 2.45) is 92.7 Å². The van der Waals surface area contributed by atoms with E-state index < -0.39 is 12.1 Å². The molecule has 0 aliphatic heterocycles. The van der Waals surface area contributed by atoms with E-state index in [2.05, 4.69) is 41.5 Å². The molecule has 8 aliphatic carbocycles. The van der Waals surface area contributed by atoms with Crippen LogP contribution in [0.5, 0.6) is 0 Å². The standard InChI is InChI=1S/C48H74O7/c1-27(7-15-42(52)53)35-12-14-38-44-39(19-22-47(35,38)5)45(3)20-17-32(24-30(45)25-40(44)50)55-43(54)16-8-28(2)34-11-13-36-33-10-9-29-23-31(49)26-41(51)48(29,6)37(33)18-21-46(34,36)4/h27-39,44,49H,7-26H2,1-6H3,(H,52,53)/t27-,28-,29?,30?,31+,32-,33?,34-,35-,36?,37?,38+,39+,44+,45+,46-,47-,48+/m1/s1. The van der Waals surface area contributed by atoms with Crippen LogP contribution in [0.3, 0.4) is 0 Å². The van der Waals surface area contributed by atoms with E-state index in [-0.39, 0.29) is 52.0 Å². The minimum Gasteiger partial charge on any atom is -0.481 e. The lowest BCUT2D eigenvalue weighted by Gasteiger charge is -2.60. The second kappa shape index (κ2) is 14.5. The van der Waals surface area contributed by atoms with Crippen LogP contribution in [0.2, 0.25) is 0 Å². The molecule has 0 amide bonds. The molecule has 8 aliphatic rings. The van der Waals surface area contributed by atoms with E-state index in [4.69, 9.17) is 4.74 Å². The summed E-state index contributed by atoms with van der Waals surface area (Å²) in [5.41, 5.74) is 0.233. The summed E-state index contributed by atoms with van der Waals surface area (Å²) in [6, 6.07) is 0. The Bertz CT molecular complexity index is 1520. The number of carboxylic acid groups (broad SMARTS) is 1. The van der Waals surface area contributed by atoms with Gasteiger partial charge in [-0.2, -0.15) is 0 Å². The molecule has 18 atom stereocenters. The van der Waals surface area contributed by atoms with Gasteiger partial charge in [-0.15, -0.1) is 0 Å². The van der Waals surface area contributed by atoms with Gasteiger partial charge in [0.15, 0.2) is 0 Å². The number of carbonyl (C=O) groups excluding carboxylic acids is 3. The lowest BCUT2D eigenvalue weighted by molar-refractivity contribution is -0.169. The molecule has 0 aromatic carbocycles. The van der Waals surface area contributed by atoms with E-state index in [1.54, 1.807) is 0 Å². The van der Waals surface area contributed by atoms with Gasteiger partial charge in [0.25, 0.3) is 0 Å². The zero-order chi connectivity index (χ0) is 39.2. The van der Waals surface area contributed by atoms with Crippen LogP contribution in [0.25, 0.3) is 0 Å². The second-order valence-corrected chi connectivity index (χ2v) is 22.3. The number of aliphatic carboxylic acids is 1. The number of carboxylic acids is 1. The van der Waals surface area contributed by atoms with E-state index in [0.29, 0.717) is 90.0 Å². The third-order valence-corrected chi connectivity index (χ3v) is 20.3. The summed E-state index contributed by atoms with van der Waals surface area (Å²) >= 11 is 0. The van der Waals surface area contributed by atoms with Gasteiger partial charge in [0.1, 0.15) is 17.7 Å². The van der Waals surface area contributed by atoms with E-state index in [1.165, 1.54) is 25.7 Å². The van der Waals surface area contributed by atoms with Crippen molar-refractivity contribution in [1.29, 1.82) is 0 Å². The van der Waals surface area contributed by atoms with Crippen molar-refractivity contribution < 1.29 is 34.1 Å². The molecule has 0 saturated heterocycles. The summed E-state index contributed by atoms with van der Waals surface area (Å²) in [4.78, 5) is 52.4. The number of ketones is 2. The molecule has 8 rings (SSSR count). The molecule has 0 radical (unpaired) electrons. The first-order valence-electron chi connectivity index (χ1n) is 23.2. The maximum absolute atomic E-state index is 14.1. The first-order valence-corrected chi connectivity index (χ1v) is 23.2. The van der Waals surface area contributed by atoms with Crippen LogP contribution < -0.4 is 0 Å². The second-order valence-electron chi connectivity index (χ2n) is 22.3. The van der Waals surface area contributed by atoms with Crippen molar-refractivity contribution in [3.05, 3.63) is 0 Å². The van der Waals surface area contributed by atoms with Crippen molar-refractivity contribution in [1.82, 2.24) is 0 Å². The molecule has 0 aromatic rings. The summed E-state index contributed by atoms with van der Waals surface area (Å²) in [5, 5.41) is 19.7. The van der Waals surface area contributed by atoms with E-state index in [9.17, 15) is 29.4 Å². The zero-order valence-corrected chi connectivity index (χ0v) is 35.2. The highest BCUT2D eigenvalue weighted by Gasteiger charge is 2.65. The Hall–Kier alpha value is -1.76. The quantitative estimate of drug-likeness (QED) is 0.225. The highest BCUT2D eigenvalue weighted by molar-refractivity contribution is 5.86. The summed E-state index contributed by atoms with van der Waals surface area (Å²) in [6.45, 7) is 14.3. The third-order valence-electron chi connectivity index (χ3n) is 20.3. The first kappa shape index (κ1) is 40.0. The number of aliphatic hydroxyl groups is 1. The Morgan fingerprint density at radius 2 is 1.29 bits per heavy atom. The Balaban J connectivity index is 0.843. The molecular formula is C48H74O7. The fourth-order valence-electron chi connectivity index (χ4n) is 17.4. The van der Waals surface area contributed by atoms with Gasteiger partial charge in [-0.05, 0) is 184 Å². The molecule has 7 nitrogen and oxygen atoms in total. The highest BCUT2D eigenvalue weighted by atomic mass is 16.5. The molecule has 2 N–H and O–H groups in total. The zero-order valence-electron chi connectivity index (χ0n) is 35.2. The number of hydrogen-bond acceptors (Lipinski definition) is 6. The van der Waals surface area contributed by atoms with Gasteiger partial charge in [0, 0.05) is 37.0 Å². The van der Waals surface area contributed by atoms with Crippen LogP contribution >= 0.6 is 0 Å². The Morgan fingerprint density at radius 3 is 1.98 bits per heavy atom.